The number of aliphatic hydroxyl groups is 1. The zero-order valence-electron chi connectivity index (χ0n) is 10.6. The number of benzene rings is 1. The van der Waals surface area contributed by atoms with Gasteiger partial charge < -0.3 is 5.11 Å². The molecule has 0 radical (unpaired) electrons. The predicted molar refractivity (Wildman–Crippen MR) is 78.2 cm³/mol. The molecule has 0 fully saturated rings. The van der Waals surface area contributed by atoms with E-state index in [2.05, 4.69) is 9.71 Å². The first-order chi connectivity index (χ1) is 9.44. The van der Waals surface area contributed by atoms with Crippen LogP contribution in [-0.4, -0.2) is 18.5 Å². The Morgan fingerprint density at radius 1 is 1.50 bits per heavy atom. The molecule has 0 bridgehead atoms. The van der Waals surface area contributed by atoms with Crippen LogP contribution in [0, 0.1) is 0 Å². The van der Waals surface area contributed by atoms with Crippen LogP contribution in [0.2, 0.25) is 5.02 Å². The summed E-state index contributed by atoms with van der Waals surface area (Å²) in [5.41, 5.74) is 0.483. The average molecular weight is 333 g/mol. The van der Waals surface area contributed by atoms with Crippen molar-refractivity contribution in [2.45, 2.75) is 24.5 Å². The van der Waals surface area contributed by atoms with Crippen LogP contribution in [-0.2, 0) is 16.6 Å². The van der Waals surface area contributed by atoms with E-state index in [1.54, 1.807) is 24.6 Å². The smallest absolute Gasteiger partial charge is 0.242 e. The summed E-state index contributed by atoms with van der Waals surface area (Å²) < 4.78 is 27.2. The molecule has 0 amide bonds. The van der Waals surface area contributed by atoms with Crippen LogP contribution in [0.1, 0.15) is 23.5 Å². The normalized spacial score (nSPS) is 13.3. The quantitative estimate of drug-likeness (QED) is 0.880. The van der Waals surface area contributed by atoms with E-state index in [-0.39, 0.29) is 16.5 Å². The fraction of sp³-hybridized carbons (Fsp3) is 0.250. The first kappa shape index (κ1) is 15.4. The molecule has 1 aromatic heterocycles. The summed E-state index contributed by atoms with van der Waals surface area (Å²) in [6.07, 6.45) is 1.62. The molecular weight excluding hydrogens is 320 g/mol. The molecule has 8 heteroatoms. The molecule has 5 nitrogen and oxygen atoms in total. The number of nitrogens with one attached hydrogen (secondary N) is 1. The minimum atomic E-state index is -3.78. The number of thiazole rings is 1. The molecule has 0 aliphatic carbocycles. The van der Waals surface area contributed by atoms with Crippen LogP contribution in [0.5, 0.6) is 0 Å². The van der Waals surface area contributed by atoms with Crippen molar-refractivity contribution in [3.63, 3.8) is 0 Å². The average Bonchev–Trinajstić information content (AvgIpc) is 2.92. The van der Waals surface area contributed by atoms with Gasteiger partial charge in [-0.25, -0.2) is 18.1 Å². The number of sulfonamides is 1. The van der Waals surface area contributed by atoms with Crippen LogP contribution in [0.4, 0.5) is 0 Å². The molecule has 0 saturated carbocycles. The highest BCUT2D eigenvalue weighted by atomic mass is 35.5. The largest absolute Gasteiger partial charge is 0.392 e. The molecule has 0 saturated heterocycles. The lowest BCUT2D eigenvalue weighted by molar-refractivity contribution is 0.281. The van der Waals surface area contributed by atoms with E-state index in [1.165, 1.54) is 23.5 Å². The lowest BCUT2D eigenvalue weighted by Gasteiger charge is -2.13. The molecule has 2 aromatic rings. The van der Waals surface area contributed by atoms with Crippen LogP contribution in [0.15, 0.2) is 34.7 Å². The Hall–Kier alpha value is -0.990. The fourth-order valence-corrected chi connectivity index (χ4v) is 4.13. The summed E-state index contributed by atoms with van der Waals surface area (Å²) in [5.74, 6) is 0. The zero-order chi connectivity index (χ0) is 14.8. The van der Waals surface area contributed by atoms with Crippen LogP contribution in [0.25, 0.3) is 0 Å². The first-order valence-electron chi connectivity index (χ1n) is 5.75. The van der Waals surface area contributed by atoms with E-state index in [0.717, 1.165) is 0 Å². The highest BCUT2D eigenvalue weighted by Crippen LogP contribution is 2.25. The molecule has 20 heavy (non-hydrogen) atoms. The third-order valence-corrected chi connectivity index (χ3v) is 5.60. The van der Waals surface area contributed by atoms with Gasteiger partial charge in [-0.1, -0.05) is 17.7 Å². The van der Waals surface area contributed by atoms with E-state index in [0.29, 0.717) is 10.6 Å². The van der Waals surface area contributed by atoms with Gasteiger partial charge in [0, 0.05) is 11.6 Å². The maximum absolute atomic E-state index is 12.3. The minimum Gasteiger partial charge on any atom is -0.392 e. The predicted octanol–water partition coefficient (Wildman–Crippen LogP) is 2.33. The maximum Gasteiger partial charge on any atom is 0.242 e. The summed E-state index contributed by atoms with van der Waals surface area (Å²) in [6, 6.07) is 3.94. The summed E-state index contributed by atoms with van der Waals surface area (Å²) in [7, 11) is -3.78. The lowest BCUT2D eigenvalue weighted by atomic mass is 10.2. The second-order valence-corrected chi connectivity index (χ2v) is 7.15. The van der Waals surface area contributed by atoms with Gasteiger partial charge in [0.05, 0.1) is 17.7 Å². The zero-order valence-corrected chi connectivity index (χ0v) is 13.0. The van der Waals surface area contributed by atoms with Gasteiger partial charge in [-0.2, -0.15) is 0 Å². The van der Waals surface area contributed by atoms with Crippen molar-refractivity contribution in [2.24, 2.45) is 0 Å². The van der Waals surface area contributed by atoms with Crippen LogP contribution >= 0.6 is 22.9 Å². The maximum atomic E-state index is 12.3. The Kier molecular flexibility index (Phi) is 4.77. The number of halogens is 1. The molecule has 1 aromatic carbocycles. The van der Waals surface area contributed by atoms with E-state index < -0.39 is 16.1 Å². The Morgan fingerprint density at radius 2 is 2.25 bits per heavy atom. The van der Waals surface area contributed by atoms with Gasteiger partial charge in [-0.15, -0.1) is 11.3 Å². The molecule has 2 N–H and O–H groups in total. The van der Waals surface area contributed by atoms with Gasteiger partial charge in [-0.05, 0) is 24.6 Å². The number of rotatable bonds is 5. The van der Waals surface area contributed by atoms with E-state index in [4.69, 9.17) is 16.7 Å². The fourth-order valence-electron chi connectivity index (χ4n) is 1.65. The Morgan fingerprint density at radius 3 is 2.85 bits per heavy atom. The third-order valence-electron chi connectivity index (χ3n) is 2.62. The van der Waals surface area contributed by atoms with Crippen molar-refractivity contribution in [1.29, 1.82) is 0 Å². The third kappa shape index (κ3) is 3.36. The highest BCUT2D eigenvalue weighted by molar-refractivity contribution is 7.89. The van der Waals surface area contributed by atoms with Crippen molar-refractivity contribution in [1.82, 2.24) is 9.71 Å². The number of hydrogen-bond acceptors (Lipinski definition) is 5. The minimum absolute atomic E-state index is 0.0471. The topological polar surface area (TPSA) is 79.3 Å². The number of hydrogen-bond donors (Lipinski definition) is 2. The SMILES string of the molecule is CC(NS(=O)(=O)c1cc(CO)ccc1Cl)c1nccs1. The van der Waals surface area contributed by atoms with Gasteiger partial charge >= 0.3 is 0 Å². The van der Waals surface area contributed by atoms with Crippen molar-refractivity contribution < 1.29 is 13.5 Å². The molecule has 0 aliphatic rings. The summed E-state index contributed by atoms with van der Waals surface area (Å²) in [4.78, 5) is 4.02. The Labute approximate surface area is 126 Å². The Bertz CT molecular complexity index is 687. The van der Waals surface area contributed by atoms with E-state index in [9.17, 15) is 8.42 Å². The molecule has 1 unspecified atom stereocenters. The van der Waals surface area contributed by atoms with Crippen molar-refractivity contribution in [2.75, 3.05) is 0 Å². The molecule has 1 heterocycles. The second kappa shape index (κ2) is 6.19. The van der Waals surface area contributed by atoms with Crippen LogP contribution < -0.4 is 4.72 Å². The van der Waals surface area contributed by atoms with Gasteiger partial charge in [0.1, 0.15) is 9.90 Å². The second-order valence-electron chi connectivity index (χ2n) is 4.14. The van der Waals surface area contributed by atoms with Crippen molar-refractivity contribution in [3.05, 3.63) is 45.4 Å². The molecule has 1 atom stereocenters. The van der Waals surface area contributed by atoms with Crippen molar-refractivity contribution in [3.8, 4) is 0 Å². The molecular formula is C12H13ClN2O3S2. The van der Waals surface area contributed by atoms with Gasteiger partial charge in [0.15, 0.2) is 0 Å². The molecule has 0 spiro atoms. The van der Waals surface area contributed by atoms with E-state index in [1.807, 2.05) is 0 Å². The van der Waals surface area contributed by atoms with Gasteiger partial charge in [0.2, 0.25) is 10.0 Å². The molecule has 108 valence electrons. The molecule has 0 aliphatic heterocycles. The summed E-state index contributed by atoms with van der Waals surface area (Å²) >= 11 is 7.30. The van der Waals surface area contributed by atoms with E-state index >= 15 is 0 Å². The molecule has 2 rings (SSSR count). The number of aliphatic hydroxyl groups excluding tert-OH is 1. The first-order valence-corrected chi connectivity index (χ1v) is 8.49. The van der Waals surface area contributed by atoms with Crippen molar-refractivity contribution >= 4 is 33.0 Å². The number of aromatic nitrogens is 1. The Balaban J connectivity index is 2.31. The van der Waals surface area contributed by atoms with Crippen LogP contribution in [0.3, 0.4) is 0 Å². The summed E-state index contributed by atoms with van der Waals surface area (Å²) in [6.45, 7) is 1.46. The monoisotopic (exact) mass is 332 g/mol. The standard InChI is InChI=1S/C12H13ClN2O3S2/c1-8(12-14-4-5-19-12)15-20(17,18)11-6-9(7-16)2-3-10(11)13/h2-6,8,15-16H,7H2,1H3. The van der Waals surface area contributed by atoms with Gasteiger partial charge in [-0.3, -0.25) is 0 Å². The number of nitrogens with zero attached hydrogens (tertiary/aromatic N) is 1. The summed E-state index contributed by atoms with van der Waals surface area (Å²) in [5, 5.41) is 11.6. The highest BCUT2D eigenvalue weighted by Gasteiger charge is 2.22. The van der Waals surface area contributed by atoms with Gasteiger partial charge in [0.25, 0.3) is 0 Å². The lowest BCUT2D eigenvalue weighted by Crippen LogP contribution is -2.27.